The third-order valence-electron chi connectivity index (χ3n) is 3.98. The van der Waals surface area contributed by atoms with Gasteiger partial charge < -0.3 is 11.1 Å². The Morgan fingerprint density at radius 1 is 1.17 bits per heavy atom. The number of thioether (sulfide) groups is 1. The molecule has 2 aromatic rings. The summed E-state index contributed by atoms with van der Waals surface area (Å²) in [5.41, 5.74) is 7.26. The number of fused-ring (bicyclic) bond motifs is 1. The van der Waals surface area contributed by atoms with Crippen molar-refractivity contribution in [1.29, 1.82) is 0 Å². The van der Waals surface area contributed by atoms with Crippen LogP contribution in [0.5, 0.6) is 0 Å². The first kappa shape index (κ1) is 17.0. The zero-order valence-electron chi connectivity index (χ0n) is 13.3. The van der Waals surface area contributed by atoms with E-state index in [1.54, 1.807) is 11.3 Å². The van der Waals surface area contributed by atoms with E-state index in [4.69, 9.17) is 5.73 Å². The van der Waals surface area contributed by atoms with Crippen molar-refractivity contribution in [3.8, 4) is 0 Å². The van der Waals surface area contributed by atoms with Crippen LogP contribution in [0, 0.1) is 0 Å². The zero-order chi connectivity index (χ0) is 16.9. The van der Waals surface area contributed by atoms with E-state index >= 15 is 0 Å². The van der Waals surface area contributed by atoms with Gasteiger partial charge in [-0.15, -0.1) is 23.1 Å². The Hall–Kier alpha value is -1.79. The molecule has 3 N–H and O–H groups in total. The van der Waals surface area contributed by atoms with Gasteiger partial charge in [-0.25, -0.2) is 0 Å². The smallest absolute Gasteiger partial charge is 0.265 e. The van der Waals surface area contributed by atoms with Gasteiger partial charge in [-0.2, -0.15) is 0 Å². The van der Waals surface area contributed by atoms with Gasteiger partial charge in [0.15, 0.2) is 0 Å². The van der Waals surface area contributed by atoms with E-state index in [9.17, 15) is 9.59 Å². The molecule has 0 bridgehead atoms. The second kappa shape index (κ2) is 7.85. The number of carbonyl (C=O) groups is 2. The number of benzene rings is 1. The lowest BCUT2D eigenvalue weighted by Crippen LogP contribution is -2.14. The van der Waals surface area contributed by atoms with Gasteiger partial charge in [0.25, 0.3) is 5.91 Å². The lowest BCUT2D eigenvalue weighted by atomic mass is 10.1. The molecule has 0 atom stereocenters. The number of aryl methyl sites for hydroxylation is 2. The fraction of sp³-hybridized carbons (Fsp3) is 0.333. The molecule has 0 aliphatic heterocycles. The van der Waals surface area contributed by atoms with E-state index in [1.807, 2.05) is 30.3 Å². The van der Waals surface area contributed by atoms with Crippen molar-refractivity contribution in [3.05, 3.63) is 45.6 Å². The number of hydrogen-bond donors (Lipinski definition) is 2. The molecule has 0 unspecified atom stereocenters. The minimum Gasteiger partial charge on any atom is -0.369 e. The lowest BCUT2D eigenvalue weighted by Gasteiger charge is -2.09. The fourth-order valence-electron chi connectivity index (χ4n) is 2.81. The summed E-state index contributed by atoms with van der Waals surface area (Å²) in [6.45, 7) is 0. The number of amides is 2. The molecule has 6 heteroatoms. The molecule has 0 radical (unpaired) electrons. The first-order valence-corrected chi connectivity index (χ1v) is 9.87. The SMILES string of the molecule is NC(=O)CSc1ccccc1NC(=O)c1cc2c(s1)CCCCC2. The number of rotatable bonds is 5. The van der Waals surface area contributed by atoms with Crippen LogP contribution in [0.2, 0.25) is 0 Å². The summed E-state index contributed by atoms with van der Waals surface area (Å²) in [5.74, 6) is -0.261. The van der Waals surface area contributed by atoms with Crippen LogP contribution in [0.25, 0.3) is 0 Å². The molecule has 1 aliphatic rings. The van der Waals surface area contributed by atoms with E-state index in [-0.39, 0.29) is 17.6 Å². The monoisotopic (exact) mass is 360 g/mol. The van der Waals surface area contributed by atoms with Gasteiger partial charge in [-0.1, -0.05) is 18.6 Å². The number of nitrogens with one attached hydrogen (secondary N) is 1. The Morgan fingerprint density at radius 2 is 1.96 bits per heavy atom. The second-order valence-electron chi connectivity index (χ2n) is 5.82. The first-order valence-electron chi connectivity index (χ1n) is 8.06. The number of para-hydroxylation sites is 1. The Labute approximate surface area is 149 Å². The molecule has 0 saturated heterocycles. The standard InChI is InChI=1S/C18H20N2O2S2/c19-17(21)11-23-15-9-5-4-7-13(15)20-18(22)16-10-12-6-2-1-3-8-14(12)24-16/h4-5,7,9-10H,1-3,6,8,11H2,(H2,19,21)(H,20,22). The van der Waals surface area contributed by atoms with Crippen LogP contribution < -0.4 is 11.1 Å². The highest BCUT2D eigenvalue weighted by molar-refractivity contribution is 8.00. The Kier molecular flexibility index (Phi) is 5.58. The molecule has 1 aliphatic carbocycles. The van der Waals surface area contributed by atoms with Crippen molar-refractivity contribution >= 4 is 40.6 Å². The second-order valence-corrected chi connectivity index (χ2v) is 7.98. The number of carbonyl (C=O) groups excluding carboxylic acids is 2. The highest BCUT2D eigenvalue weighted by Crippen LogP contribution is 2.31. The summed E-state index contributed by atoms with van der Waals surface area (Å²) in [6.07, 6.45) is 5.84. The molecule has 24 heavy (non-hydrogen) atoms. The van der Waals surface area contributed by atoms with Gasteiger partial charge in [0.05, 0.1) is 16.3 Å². The van der Waals surface area contributed by atoms with E-state index in [2.05, 4.69) is 5.32 Å². The minimum atomic E-state index is -0.372. The number of nitrogens with two attached hydrogens (primary N) is 1. The molecular weight excluding hydrogens is 340 g/mol. The summed E-state index contributed by atoms with van der Waals surface area (Å²) in [6, 6.07) is 9.52. The average Bonchev–Trinajstić information content (AvgIpc) is 2.85. The molecular formula is C18H20N2O2S2. The summed E-state index contributed by atoms with van der Waals surface area (Å²) < 4.78 is 0. The molecule has 0 spiro atoms. The van der Waals surface area contributed by atoms with Crippen LogP contribution in [-0.4, -0.2) is 17.6 Å². The molecule has 2 amide bonds. The molecule has 0 fully saturated rings. The van der Waals surface area contributed by atoms with Crippen molar-refractivity contribution in [3.63, 3.8) is 0 Å². The van der Waals surface area contributed by atoms with E-state index in [1.165, 1.54) is 41.5 Å². The highest BCUT2D eigenvalue weighted by Gasteiger charge is 2.17. The fourth-order valence-corrected chi connectivity index (χ4v) is 4.70. The number of anilines is 1. The molecule has 3 rings (SSSR count). The molecule has 4 nitrogen and oxygen atoms in total. The number of thiophene rings is 1. The van der Waals surface area contributed by atoms with Crippen molar-refractivity contribution in [2.75, 3.05) is 11.1 Å². The molecule has 1 aromatic heterocycles. The third-order valence-corrected chi connectivity index (χ3v) is 6.31. The van der Waals surface area contributed by atoms with Crippen LogP contribution >= 0.6 is 23.1 Å². The maximum atomic E-state index is 12.6. The van der Waals surface area contributed by atoms with Crippen molar-refractivity contribution in [2.45, 2.75) is 37.0 Å². The zero-order valence-corrected chi connectivity index (χ0v) is 15.0. The summed E-state index contributed by atoms with van der Waals surface area (Å²) >= 11 is 2.94. The predicted molar refractivity (Wildman–Crippen MR) is 99.9 cm³/mol. The molecule has 1 heterocycles. The Balaban J connectivity index is 1.74. The molecule has 126 valence electrons. The third kappa shape index (κ3) is 4.19. The maximum absolute atomic E-state index is 12.6. The maximum Gasteiger partial charge on any atom is 0.265 e. The summed E-state index contributed by atoms with van der Waals surface area (Å²) in [7, 11) is 0. The minimum absolute atomic E-state index is 0.0831. The number of hydrogen-bond acceptors (Lipinski definition) is 4. The molecule has 0 saturated carbocycles. The van der Waals surface area contributed by atoms with Crippen LogP contribution in [0.4, 0.5) is 5.69 Å². The van der Waals surface area contributed by atoms with Crippen LogP contribution in [0.15, 0.2) is 35.2 Å². The van der Waals surface area contributed by atoms with Gasteiger partial charge in [-0.05, 0) is 49.4 Å². The normalized spacial score (nSPS) is 13.8. The Morgan fingerprint density at radius 3 is 2.79 bits per heavy atom. The van der Waals surface area contributed by atoms with Crippen molar-refractivity contribution < 1.29 is 9.59 Å². The van der Waals surface area contributed by atoms with Gasteiger partial charge in [0, 0.05) is 9.77 Å². The van der Waals surface area contributed by atoms with Crippen molar-refractivity contribution in [2.24, 2.45) is 5.73 Å². The molecule has 1 aromatic carbocycles. The summed E-state index contributed by atoms with van der Waals surface area (Å²) in [5, 5.41) is 2.97. The first-order chi connectivity index (χ1) is 11.6. The van der Waals surface area contributed by atoms with Crippen LogP contribution in [0.3, 0.4) is 0 Å². The van der Waals surface area contributed by atoms with Gasteiger partial charge in [-0.3, -0.25) is 9.59 Å². The van der Waals surface area contributed by atoms with E-state index < -0.39 is 0 Å². The quantitative estimate of drug-likeness (QED) is 0.628. The number of primary amides is 1. The average molecular weight is 361 g/mol. The van der Waals surface area contributed by atoms with Crippen LogP contribution in [-0.2, 0) is 17.6 Å². The largest absolute Gasteiger partial charge is 0.369 e. The van der Waals surface area contributed by atoms with Gasteiger partial charge in [0.1, 0.15) is 0 Å². The Bertz CT molecular complexity index is 732. The summed E-state index contributed by atoms with van der Waals surface area (Å²) in [4.78, 5) is 26.6. The predicted octanol–water partition coefficient (Wildman–Crippen LogP) is 3.85. The van der Waals surface area contributed by atoms with E-state index in [0.717, 1.165) is 28.3 Å². The highest BCUT2D eigenvalue weighted by atomic mass is 32.2. The lowest BCUT2D eigenvalue weighted by molar-refractivity contribution is -0.115. The van der Waals surface area contributed by atoms with Gasteiger partial charge >= 0.3 is 0 Å². The van der Waals surface area contributed by atoms with Gasteiger partial charge in [0.2, 0.25) is 5.91 Å². The van der Waals surface area contributed by atoms with E-state index in [0.29, 0.717) is 0 Å². The van der Waals surface area contributed by atoms with Crippen LogP contribution in [0.1, 0.15) is 39.4 Å². The van der Waals surface area contributed by atoms with Crippen molar-refractivity contribution in [1.82, 2.24) is 0 Å². The topological polar surface area (TPSA) is 72.2 Å².